The summed E-state index contributed by atoms with van der Waals surface area (Å²) in [4.78, 5) is 1.28. The molecule has 1 N–H and O–H groups in total. The molecule has 1 nitrogen and oxygen atoms in total. The number of fused-ring (bicyclic) bond motifs is 1. The Morgan fingerprint density at radius 2 is 2.56 bits per heavy atom. The molecule has 0 radical (unpaired) electrons. The summed E-state index contributed by atoms with van der Waals surface area (Å²) in [6.07, 6.45) is 9.10. The Labute approximate surface area is 61.8 Å². The first-order valence-electron chi connectivity index (χ1n) is 2.57. The SMILES string of the molecule is [C+]1=C2NSSC2=CC=C1. The molecule has 0 saturated carbocycles. The highest BCUT2D eigenvalue weighted by Gasteiger charge is 2.24. The molecule has 0 amide bonds. The highest BCUT2D eigenvalue weighted by molar-refractivity contribution is 8.78. The van der Waals surface area contributed by atoms with E-state index in [9.17, 15) is 0 Å². The fourth-order valence-electron chi connectivity index (χ4n) is 0.678. The van der Waals surface area contributed by atoms with Crippen molar-refractivity contribution in [3.63, 3.8) is 0 Å². The van der Waals surface area contributed by atoms with Crippen molar-refractivity contribution in [2.75, 3.05) is 0 Å². The zero-order chi connectivity index (χ0) is 6.10. The zero-order valence-electron chi connectivity index (χ0n) is 4.55. The van der Waals surface area contributed by atoms with Crippen molar-refractivity contribution in [3.05, 3.63) is 34.9 Å². The maximum Gasteiger partial charge on any atom is 0.228 e. The molecule has 9 heavy (non-hydrogen) atoms. The van der Waals surface area contributed by atoms with Crippen molar-refractivity contribution in [1.29, 1.82) is 0 Å². The van der Waals surface area contributed by atoms with Crippen LogP contribution in [0.1, 0.15) is 0 Å². The lowest BCUT2D eigenvalue weighted by molar-refractivity contribution is 1.27. The normalized spacial score (nSPS) is 21.3. The van der Waals surface area contributed by atoms with E-state index in [-0.39, 0.29) is 0 Å². The van der Waals surface area contributed by atoms with Gasteiger partial charge in [0.25, 0.3) is 0 Å². The molecule has 0 bridgehead atoms. The second-order valence-corrected chi connectivity index (χ2v) is 3.66. The molecule has 2 rings (SSSR count). The van der Waals surface area contributed by atoms with Crippen LogP contribution in [0.5, 0.6) is 0 Å². The van der Waals surface area contributed by atoms with Crippen LogP contribution in [0.15, 0.2) is 28.8 Å². The van der Waals surface area contributed by atoms with E-state index in [0.717, 1.165) is 5.70 Å². The summed E-state index contributed by atoms with van der Waals surface area (Å²) in [7, 11) is 3.38. The monoisotopic (exact) mass is 154 g/mol. The minimum Gasteiger partial charge on any atom is -0.289 e. The van der Waals surface area contributed by atoms with Gasteiger partial charge in [0.05, 0.1) is 12.2 Å². The van der Waals surface area contributed by atoms with Gasteiger partial charge >= 0.3 is 0 Å². The molecule has 3 heteroatoms. The standard InChI is InChI=1S/C6H4NS2/c1-2-4-6-5(3-1)7-9-8-6/h1-2,4,7H/q+1. The third-order valence-corrected chi connectivity index (χ3v) is 3.02. The topological polar surface area (TPSA) is 12.0 Å². The molecule has 0 aromatic carbocycles. The van der Waals surface area contributed by atoms with Gasteiger partial charge in [-0.1, -0.05) is 0 Å². The Hall–Kier alpha value is -0.370. The van der Waals surface area contributed by atoms with Gasteiger partial charge in [0.2, 0.25) is 5.70 Å². The van der Waals surface area contributed by atoms with E-state index >= 15 is 0 Å². The molecule has 1 saturated heterocycles. The Morgan fingerprint density at radius 3 is 3.44 bits per heavy atom. The molecule has 1 aliphatic heterocycles. The predicted molar refractivity (Wildman–Crippen MR) is 42.3 cm³/mol. The molecule has 1 heterocycles. The Bertz CT molecular complexity index is 193. The molecule has 0 unspecified atom stereocenters. The third-order valence-electron chi connectivity index (χ3n) is 1.09. The van der Waals surface area contributed by atoms with Crippen LogP contribution < -0.4 is 4.72 Å². The number of allylic oxidation sites excluding steroid dienone is 4. The van der Waals surface area contributed by atoms with E-state index in [1.165, 1.54) is 4.91 Å². The van der Waals surface area contributed by atoms with E-state index in [1.807, 2.05) is 12.2 Å². The van der Waals surface area contributed by atoms with Crippen LogP contribution in [0.4, 0.5) is 0 Å². The Morgan fingerprint density at radius 1 is 1.56 bits per heavy atom. The number of hydrogen-bond acceptors (Lipinski definition) is 3. The molecular weight excluding hydrogens is 150 g/mol. The molecule has 0 atom stereocenters. The first-order valence-corrected chi connectivity index (χ1v) is 4.72. The molecule has 0 aromatic heterocycles. The van der Waals surface area contributed by atoms with E-state index in [1.54, 1.807) is 21.8 Å². The van der Waals surface area contributed by atoms with Crippen LogP contribution in [-0.2, 0) is 0 Å². The van der Waals surface area contributed by atoms with Gasteiger partial charge in [0.1, 0.15) is 6.08 Å². The van der Waals surface area contributed by atoms with Gasteiger partial charge in [-0.3, -0.25) is 4.72 Å². The molecule has 0 spiro atoms. The van der Waals surface area contributed by atoms with Gasteiger partial charge in [-0.25, -0.2) is 0 Å². The Balaban J connectivity index is 2.42. The zero-order valence-corrected chi connectivity index (χ0v) is 6.18. The van der Waals surface area contributed by atoms with Gasteiger partial charge in [-0.05, 0) is 0 Å². The highest BCUT2D eigenvalue weighted by atomic mass is 33.1. The molecule has 1 fully saturated rings. The molecule has 2 aliphatic rings. The number of hydrogen-bond donors (Lipinski definition) is 1. The van der Waals surface area contributed by atoms with Crippen molar-refractivity contribution < 1.29 is 0 Å². The highest BCUT2D eigenvalue weighted by Crippen LogP contribution is 2.40. The van der Waals surface area contributed by atoms with Gasteiger partial charge in [0, 0.05) is 27.8 Å². The van der Waals surface area contributed by atoms with E-state index in [4.69, 9.17) is 0 Å². The summed E-state index contributed by atoms with van der Waals surface area (Å²) in [5.41, 5.74) is 1.12. The molecule has 1 aliphatic carbocycles. The van der Waals surface area contributed by atoms with Gasteiger partial charge in [0.15, 0.2) is 4.91 Å². The van der Waals surface area contributed by atoms with Crippen LogP contribution in [0.25, 0.3) is 0 Å². The average molecular weight is 154 g/mol. The molecular formula is C6H4NS2+. The summed E-state index contributed by atoms with van der Waals surface area (Å²) >= 11 is 0. The van der Waals surface area contributed by atoms with Gasteiger partial charge in [-0.2, -0.15) is 0 Å². The largest absolute Gasteiger partial charge is 0.289 e. The second kappa shape index (κ2) is 2.10. The summed E-state index contributed by atoms with van der Waals surface area (Å²) in [5.74, 6) is 0. The average Bonchev–Trinajstić information content (AvgIpc) is 2.33. The predicted octanol–water partition coefficient (Wildman–Crippen LogP) is 2.03. The number of rotatable bonds is 0. The Kier molecular flexibility index (Phi) is 1.27. The van der Waals surface area contributed by atoms with Crippen molar-refractivity contribution in [1.82, 2.24) is 4.72 Å². The minimum atomic E-state index is 1.12. The van der Waals surface area contributed by atoms with Gasteiger partial charge < -0.3 is 0 Å². The van der Waals surface area contributed by atoms with Crippen LogP contribution >= 0.6 is 21.8 Å². The third kappa shape index (κ3) is 0.874. The van der Waals surface area contributed by atoms with Crippen LogP contribution in [-0.4, -0.2) is 0 Å². The van der Waals surface area contributed by atoms with Crippen LogP contribution in [0, 0.1) is 6.08 Å². The maximum absolute atomic E-state index is 3.12. The van der Waals surface area contributed by atoms with E-state index < -0.39 is 0 Å². The van der Waals surface area contributed by atoms with Crippen molar-refractivity contribution in [2.24, 2.45) is 0 Å². The number of nitrogens with one attached hydrogen (secondary N) is 1. The van der Waals surface area contributed by atoms with Crippen LogP contribution in [0.2, 0.25) is 0 Å². The van der Waals surface area contributed by atoms with Crippen molar-refractivity contribution in [3.8, 4) is 0 Å². The van der Waals surface area contributed by atoms with Crippen molar-refractivity contribution >= 4 is 21.8 Å². The minimum absolute atomic E-state index is 1.12. The summed E-state index contributed by atoms with van der Waals surface area (Å²) in [6.45, 7) is 0. The van der Waals surface area contributed by atoms with Crippen molar-refractivity contribution in [2.45, 2.75) is 0 Å². The maximum atomic E-state index is 3.12. The van der Waals surface area contributed by atoms with Gasteiger partial charge in [-0.15, -0.1) is 0 Å². The molecule has 44 valence electrons. The summed E-state index contributed by atoms with van der Waals surface area (Å²) in [6, 6.07) is 0. The summed E-state index contributed by atoms with van der Waals surface area (Å²) < 4.78 is 3.12. The lowest BCUT2D eigenvalue weighted by Crippen LogP contribution is -1.95. The first-order chi connectivity index (χ1) is 4.47. The summed E-state index contributed by atoms with van der Waals surface area (Å²) in [5, 5.41) is 0. The van der Waals surface area contributed by atoms with E-state index in [2.05, 4.69) is 16.9 Å². The first kappa shape index (κ1) is 5.42. The fourth-order valence-corrected chi connectivity index (χ4v) is 2.51. The van der Waals surface area contributed by atoms with Crippen LogP contribution in [0.3, 0.4) is 0 Å². The fraction of sp³-hybridized carbons (Fsp3) is 0. The quantitative estimate of drug-likeness (QED) is 0.326. The second-order valence-electron chi connectivity index (χ2n) is 1.68. The lowest BCUT2D eigenvalue weighted by atomic mass is 10.2. The van der Waals surface area contributed by atoms with E-state index in [0.29, 0.717) is 0 Å². The lowest BCUT2D eigenvalue weighted by Gasteiger charge is -1.86. The molecule has 0 aromatic rings. The smallest absolute Gasteiger partial charge is 0.228 e.